The van der Waals surface area contributed by atoms with Gasteiger partial charge in [0.2, 0.25) is 18.6 Å². The third-order valence-electron chi connectivity index (χ3n) is 5.41. The Hall–Kier alpha value is -3.00. The van der Waals surface area contributed by atoms with Gasteiger partial charge in [-0.1, -0.05) is 15.9 Å². The van der Waals surface area contributed by atoms with Crippen LogP contribution in [0.3, 0.4) is 0 Å². The van der Waals surface area contributed by atoms with E-state index in [0.29, 0.717) is 48.9 Å². The molecule has 4 rings (SSSR count). The lowest BCUT2D eigenvalue weighted by molar-refractivity contribution is -0.130. The SMILES string of the molecule is COc1ccc(Br)cc1/C=C/C(=O)N1CCC(C(=O)Nc2ccc3c(c2)OCO3)CC1. The number of methoxy groups -OCH3 is 1. The largest absolute Gasteiger partial charge is 0.496 e. The van der Waals surface area contributed by atoms with Gasteiger partial charge in [0.1, 0.15) is 5.75 Å². The molecule has 0 spiro atoms. The van der Waals surface area contributed by atoms with Crippen LogP contribution < -0.4 is 19.5 Å². The van der Waals surface area contributed by atoms with Gasteiger partial charge in [0.15, 0.2) is 11.5 Å². The maximum Gasteiger partial charge on any atom is 0.246 e. The zero-order valence-electron chi connectivity index (χ0n) is 17.1. The highest BCUT2D eigenvalue weighted by Gasteiger charge is 2.27. The molecule has 0 unspecified atom stereocenters. The molecule has 0 aromatic heterocycles. The number of halogens is 1. The van der Waals surface area contributed by atoms with E-state index in [1.54, 1.807) is 42.4 Å². The van der Waals surface area contributed by atoms with Crippen molar-refractivity contribution in [3.8, 4) is 17.2 Å². The maximum absolute atomic E-state index is 12.6. The predicted octanol–water partition coefficient (Wildman–Crippen LogP) is 4.08. The molecule has 7 nitrogen and oxygen atoms in total. The molecule has 0 saturated carbocycles. The van der Waals surface area contributed by atoms with E-state index in [1.807, 2.05) is 18.2 Å². The number of ether oxygens (including phenoxy) is 3. The van der Waals surface area contributed by atoms with Gasteiger partial charge in [0, 0.05) is 46.9 Å². The van der Waals surface area contributed by atoms with Crippen molar-refractivity contribution in [3.05, 3.63) is 52.5 Å². The molecule has 8 heteroatoms. The van der Waals surface area contributed by atoms with Crippen molar-refractivity contribution >= 4 is 39.5 Å². The zero-order chi connectivity index (χ0) is 21.8. The number of carbonyl (C=O) groups is 2. The Kier molecular flexibility index (Phi) is 6.46. The van der Waals surface area contributed by atoms with E-state index in [4.69, 9.17) is 14.2 Å². The summed E-state index contributed by atoms with van der Waals surface area (Å²) in [7, 11) is 1.60. The number of nitrogens with zero attached hydrogens (tertiary/aromatic N) is 1. The molecule has 2 aliphatic heterocycles. The van der Waals surface area contributed by atoms with E-state index in [0.717, 1.165) is 10.0 Å². The van der Waals surface area contributed by atoms with Gasteiger partial charge in [-0.25, -0.2) is 0 Å². The number of anilines is 1. The number of benzene rings is 2. The molecule has 0 atom stereocenters. The van der Waals surface area contributed by atoms with Crippen molar-refractivity contribution in [2.75, 3.05) is 32.3 Å². The molecule has 0 radical (unpaired) electrons. The normalized spacial score (nSPS) is 15.9. The van der Waals surface area contributed by atoms with Crippen LogP contribution in [0, 0.1) is 5.92 Å². The van der Waals surface area contributed by atoms with Crippen molar-refractivity contribution in [3.63, 3.8) is 0 Å². The Morgan fingerprint density at radius 1 is 1.13 bits per heavy atom. The fourth-order valence-electron chi connectivity index (χ4n) is 3.68. The standard InChI is InChI=1S/C23H23BrN2O5/c1-29-19-5-3-17(24)12-16(19)2-7-22(27)26-10-8-15(9-11-26)23(28)25-18-4-6-20-21(13-18)31-14-30-20/h2-7,12-13,15H,8-11,14H2,1H3,(H,25,28)/b7-2+. The summed E-state index contributed by atoms with van der Waals surface area (Å²) in [5.74, 6) is 1.76. The van der Waals surface area contributed by atoms with Crippen LogP contribution >= 0.6 is 15.9 Å². The summed E-state index contributed by atoms with van der Waals surface area (Å²) in [6, 6.07) is 11.0. The lowest BCUT2D eigenvalue weighted by Crippen LogP contribution is -2.40. The maximum atomic E-state index is 12.6. The van der Waals surface area contributed by atoms with Crippen LogP contribution in [0.25, 0.3) is 6.08 Å². The second kappa shape index (κ2) is 9.43. The average Bonchev–Trinajstić information content (AvgIpc) is 3.25. The van der Waals surface area contributed by atoms with E-state index in [2.05, 4.69) is 21.2 Å². The molecule has 1 N–H and O–H groups in total. The van der Waals surface area contributed by atoms with Gasteiger partial charge in [0.25, 0.3) is 0 Å². The first-order valence-electron chi connectivity index (χ1n) is 10.0. The molecular formula is C23H23BrN2O5. The van der Waals surface area contributed by atoms with E-state index >= 15 is 0 Å². The summed E-state index contributed by atoms with van der Waals surface area (Å²) in [6.45, 7) is 1.28. The Balaban J connectivity index is 1.30. The summed E-state index contributed by atoms with van der Waals surface area (Å²) in [6.07, 6.45) is 4.55. The first kappa shape index (κ1) is 21.2. The van der Waals surface area contributed by atoms with Crippen molar-refractivity contribution in [2.24, 2.45) is 5.92 Å². The van der Waals surface area contributed by atoms with Crippen molar-refractivity contribution in [2.45, 2.75) is 12.8 Å². The van der Waals surface area contributed by atoms with Gasteiger partial charge in [-0.15, -0.1) is 0 Å². The number of nitrogens with one attached hydrogen (secondary N) is 1. The van der Waals surface area contributed by atoms with Gasteiger partial charge in [-0.05, 0) is 49.2 Å². The van der Waals surface area contributed by atoms with Crippen LogP contribution in [-0.4, -0.2) is 43.7 Å². The average molecular weight is 487 g/mol. The molecular weight excluding hydrogens is 464 g/mol. The van der Waals surface area contributed by atoms with Crippen LogP contribution in [0.5, 0.6) is 17.2 Å². The number of rotatable bonds is 5. The summed E-state index contributed by atoms with van der Waals surface area (Å²) < 4.78 is 16.9. The van der Waals surface area contributed by atoms with Crippen LogP contribution in [0.4, 0.5) is 5.69 Å². The fraction of sp³-hybridized carbons (Fsp3) is 0.304. The van der Waals surface area contributed by atoms with Crippen LogP contribution in [0.2, 0.25) is 0 Å². The number of amides is 2. The second-order valence-electron chi connectivity index (χ2n) is 7.38. The van der Waals surface area contributed by atoms with Gasteiger partial charge in [0.05, 0.1) is 7.11 Å². The Morgan fingerprint density at radius 2 is 1.90 bits per heavy atom. The molecule has 2 aromatic rings. The summed E-state index contributed by atoms with van der Waals surface area (Å²) >= 11 is 3.43. The number of hydrogen-bond donors (Lipinski definition) is 1. The number of carbonyl (C=O) groups excluding carboxylic acids is 2. The lowest BCUT2D eigenvalue weighted by atomic mass is 9.95. The van der Waals surface area contributed by atoms with E-state index in [-0.39, 0.29) is 24.5 Å². The minimum atomic E-state index is -0.136. The monoisotopic (exact) mass is 486 g/mol. The first-order chi connectivity index (χ1) is 15.0. The first-order valence-corrected chi connectivity index (χ1v) is 10.8. The van der Waals surface area contributed by atoms with Crippen molar-refractivity contribution in [1.29, 1.82) is 0 Å². The topological polar surface area (TPSA) is 77.1 Å². The Bertz CT molecular complexity index is 1020. The van der Waals surface area contributed by atoms with Gasteiger partial charge in [-0.2, -0.15) is 0 Å². The smallest absolute Gasteiger partial charge is 0.246 e. The summed E-state index contributed by atoms with van der Waals surface area (Å²) in [5, 5.41) is 2.94. The quantitative estimate of drug-likeness (QED) is 0.644. The van der Waals surface area contributed by atoms with Gasteiger partial charge >= 0.3 is 0 Å². The highest BCUT2D eigenvalue weighted by atomic mass is 79.9. The predicted molar refractivity (Wildman–Crippen MR) is 120 cm³/mol. The minimum Gasteiger partial charge on any atom is -0.496 e. The molecule has 0 bridgehead atoms. The molecule has 162 valence electrons. The van der Waals surface area contributed by atoms with Gasteiger partial charge in [-0.3, -0.25) is 9.59 Å². The van der Waals surface area contributed by atoms with Crippen LogP contribution in [-0.2, 0) is 9.59 Å². The van der Waals surface area contributed by atoms with Crippen molar-refractivity contribution < 1.29 is 23.8 Å². The van der Waals surface area contributed by atoms with Crippen molar-refractivity contribution in [1.82, 2.24) is 4.90 Å². The highest BCUT2D eigenvalue weighted by Crippen LogP contribution is 2.34. The highest BCUT2D eigenvalue weighted by molar-refractivity contribution is 9.10. The minimum absolute atomic E-state index is 0.0413. The van der Waals surface area contributed by atoms with E-state index in [9.17, 15) is 9.59 Å². The second-order valence-corrected chi connectivity index (χ2v) is 8.29. The zero-order valence-corrected chi connectivity index (χ0v) is 18.7. The fourth-order valence-corrected chi connectivity index (χ4v) is 4.06. The molecule has 2 aromatic carbocycles. The molecule has 1 saturated heterocycles. The summed E-state index contributed by atoms with van der Waals surface area (Å²) in [4.78, 5) is 27.0. The summed E-state index contributed by atoms with van der Waals surface area (Å²) in [5.41, 5.74) is 1.50. The Labute approximate surface area is 189 Å². The van der Waals surface area contributed by atoms with Gasteiger partial charge < -0.3 is 24.4 Å². The third kappa shape index (κ3) is 5.02. The lowest BCUT2D eigenvalue weighted by Gasteiger charge is -2.30. The van der Waals surface area contributed by atoms with E-state index in [1.165, 1.54) is 0 Å². The van der Waals surface area contributed by atoms with Crippen LogP contribution in [0.1, 0.15) is 18.4 Å². The Morgan fingerprint density at radius 3 is 2.68 bits per heavy atom. The molecule has 31 heavy (non-hydrogen) atoms. The number of fused-ring (bicyclic) bond motifs is 1. The number of likely N-dealkylation sites (tertiary alicyclic amines) is 1. The van der Waals surface area contributed by atoms with E-state index < -0.39 is 0 Å². The molecule has 2 aliphatic rings. The number of piperidine rings is 1. The van der Waals surface area contributed by atoms with Crippen LogP contribution in [0.15, 0.2) is 46.9 Å². The molecule has 0 aliphatic carbocycles. The molecule has 2 heterocycles. The molecule has 2 amide bonds. The third-order valence-corrected chi connectivity index (χ3v) is 5.91. The number of hydrogen-bond acceptors (Lipinski definition) is 5. The molecule has 1 fully saturated rings.